The third-order valence-corrected chi connectivity index (χ3v) is 5.63. The van der Waals surface area contributed by atoms with Crippen LogP contribution in [0.2, 0.25) is 0 Å². The second kappa shape index (κ2) is 11.6. The topological polar surface area (TPSA) is 110 Å². The number of amides is 3. The van der Waals surface area contributed by atoms with Crippen molar-refractivity contribution in [2.24, 2.45) is 0 Å². The van der Waals surface area contributed by atoms with Crippen LogP contribution >= 0.6 is 23.5 Å². The Bertz CT molecular complexity index is 647. The fourth-order valence-corrected chi connectivity index (χ4v) is 4.08. The Morgan fingerprint density at radius 2 is 1.62 bits per heavy atom. The fraction of sp³-hybridized carbons (Fsp3) is 0.737. The molecule has 0 aromatic carbocycles. The number of rotatable bonds is 4. The van der Waals surface area contributed by atoms with Crippen molar-refractivity contribution < 1.29 is 28.7 Å². The van der Waals surface area contributed by atoms with Crippen molar-refractivity contribution in [3.05, 3.63) is 0 Å². The number of thioether (sulfide) groups is 2. The molecule has 0 aromatic heterocycles. The second-order valence-corrected chi connectivity index (χ2v) is 10.00. The van der Waals surface area contributed by atoms with Crippen LogP contribution < -0.4 is 5.32 Å². The smallest absolute Gasteiger partial charge is 0.417 e. The van der Waals surface area contributed by atoms with Gasteiger partial charge in [-0.05, 0) is 45.1 Å². The van der Waals surface area contributed by atoms with Gasteiger partial charge < -0.3 is 10.1 Å². The van der Waals surface area contributed by atoms with Crippen LogP contribution in [0.5, 0.6) is 0 Å². The van der Waals surface area contributed by atoms with Gasteiger partial charge in [0.1, 0.15) is 11.6 Å². The van der Waals surface area contributed by atoms with Crippen molar-refractivity contribution >= 4 is 51.7 Å². The standard InChI is InChI=1S/C12H19NO4S.C7H11NO2S/c1-5-18-10(15)8-6-7-9(14)13(8)11(16)17-12(2,3)4;1-2-11-7(10)5-3-4-6(9)8-5/h8H,5-7H2,1-4H3;5H,2-4H2,1H3,(H,8,9)/t8-;5-/m00/s1. The van der Waals surface area contributed by atoms with Gasteiger partial charge in [0.25, 0.3) is 0 Å². The zero-order valence-electron chi connectivity index (χ0n) is 17.6. The first kappa shape index (κ1) is 25.5. The molecular weight excluding hydrogens is 416 g/mol. The zero-order valence-corrected chi connectivity index (χ0v) is 19.2. The van der Waals surface area contributed by atoms with E-state index in [2.05, 4.69) is 5.32 Å². The molecule has 0 aromatic rings. The molecule has 29 heavy (non-hydrogen) atoms. The largest absolute Gasteiger partial charge is 0.443 e. The van der Waals surface area contributed by atoms with E-state index in [9.17, 15) is 24.0 Å². The molecular formula is C19H30N2O6S2. The van der Waals surface area contributed by atoms with Gasteiger partial charge in [-0.3, -0.25) is 19.2 Å². The van der Waals surface area contributed by atoms with E-state index in [-0.39, 0.29) is 34.5 Å². The van der Waals surface area contributed by atoms with Gasteiger partial charge in [0.2, 0.25) is 22.0 Å². The van der Waals surface area contributed by atoms with Crippen molar-refractivity contribution in [2.75, 3.05) is 11.5 Å². The fourth-order valence-electron chi connectivity index (χ4n) is 2.72. The first-order valence-corrected chi connectivity index (χ1v) is 11.6. The molecule has 0 aliphatic carbocycles. The van der Waals surface area contributed by atoms with Gasteiger partial charge in [0, 0.05) is 12.8 Å². The number of imide groups is 1. The Morgan fingerprint density at radius 3 is 2.10 bits per heavy atom. The molecule has 0 bridgehead atoms. The highest BCUT2D eigenvalue weighted by Gasteiger charge is 2.42. The maximum atomic E-state index is 11.9. The van der Waals surface area contributed by atoms with Crippen molar-refractivity contribution in [3.8, 4) is 0 Å². The van der Waals surface area contributed by atoms with E-state index in [1.807, 2.05) is 13.8 Å². The molecule has 2 aliphatic heterocycles. The van der Waals surface area contributed by atoms with E-state index >= 15 is 0 Å². The molecule has 2 saturated heterocycles. The summed E-state index contributed by atoms with van der Waals surface area (Å²) in [5.41, 5.74) is -0.675. The van der Waals surface area contributed by atoms with Crippen LogP contribution in [-0.2, 0) is 23.9 Å². The second-order valence-electron chi connectivity index (χ2n) is 7.46. The molecule has 0 saturated carbocycles. The van der Waals surface area contributed by atoms with Gasteiger partial charge in [-0.1, -0.05) is 37.4 Å². The maximum absolute atomic E-state index is 11.9. The predicted molar refractivity (Wildman–Crippen MR) is 114 cm³/mol. The van der Waals surface area contributed by atoms with Crippen LogP contribution in [0, 0.1) is 0 Å². The molecule has 1 N–H and O–H groups in total. The minimum atomic E-state index is -0.722. The SMILES string of the molecule is CCSC(=O)[C@@H]1CCC(=O)N1.CCSC(=O)[C@@H]1CCC(=O)N1C(=O)OC(C)(C)C. The molecule has 2 aliphatic rings. The lowest BCUT2D eigenvalue weighted by Crippen LogP contribution is -2.44. The molecule has 2 atom stereocenters. The van der Waals surface area contributed by atoms with Gasteiger partial charge in [-0.15, -0.1) is 0 Å². The van der Waals surface area contributed by atoms with E-state index < -0.39 is 17.7 Å². The highest BCUT2D eigenvalue weighted by atomic mass is 32.2. The summed E-state index contributed by atoms with van der Waals surface area (Å²) >= 11 is 2.41. The summed E-state index contributed by atoms with van der Waals surface area (Å²) < 4.78 is 5.16. The van der Waals surface area contributed by atoms with E-state index in [1.54, 1.807) is 20.8 Å². The summed E-state index contributed by atoms with van der Waals surface area (Å²) in [7, 11) is 0. The van der Waals surface area contributed by atoms with Gasteiger partial charge in [0.15, 0.2) is 0 Å². The van der Waals surface area contributed by atoms with Crippen LogP contribution in [0.1, 0.15) is 60.3 Å². The molecule has 8 nitrogen and oxygen atoms in total. The molecule has 2 fully saturated rings. The zero-order chi connectivity index (χ0) is 22.2. The minimum absolute atomic E-state index is 0.0000491. The van der Waals surface area contributed by atoms with Gasteiger partial charge in [0.05, 0.1) is 6.04 Å². The third-order valence-electron chi connectivity index (χ3n) is 3.93. The van der Waals surface area contributed by atoms with Crippen LogP contribution in [0.3, 0.4) is 0 Å². The monoisotopic (exact) mass is 446 g/mol. The van der Waals surface area contributed by atoms with Crippen molar-refractivity contribution in [1.82, 2.24) is 10.2 Å². The molecule has 0 unspecified atom stereocenters. The number of hydrogen-bond donors (Lipinski definition) is 1. The van der Waals surface area contributed by atoms with E-state index in [1.165, 1.54) is 11.8 Å². The summed E-state index contributed by atoms with van der Waals surface area (Å²) in [6.45, 7) is 8.96. The quantitative estimate of drug-likeness (QED) is 0.702. The van der Waals surface area contributed by atoms with E-state index in [0.29, 0.717) is 25.0 Å². The van der Waals surface area contributed by atoms with Gasteiger partial charge in [-0.25, -0.2) is 9.69 Å². The third kappa shape index (κ3) is 8.38. The Kier molecular flexibility index (Phi) is 10.2. The van der Waals surface area contributed by atoms with Crippen LogP contribution in [0.15, 0.2) is 0 Å². The number of carbonyl (C=O) groups is 5. The number of hydrogen-bond acceptors (Lipinski definition) is 8. The lowest BCUT2D eigenvalue weighted by molar-refractivity contribution is -0.131. The number of nitrogens with one attached hydrogen (secondary N) is 1. The summed E-state index contributed by atoms with van der Waals surface area (Å²) in [4.78, 5) is 58.2. The number of nitrogens with zero attached hydrogens (tertiary/aromatic N) is 1. The molecule has 2 heterocycles. The molecule has 164 valence electrons. The Morgan fingerprint density at radius 1 is 1.03 bits per heavy atom. The maximum Gasteiger partial charge on any atom is 0.417 e. The van der Waals surface area contributed by atoms with Crippen molar-refractivity contribution in [2.45, 2.75) is 78.0 Å². The van der Waals surface area contributed by atoms with Gasteiger partial charge >= 0.3 is 6.09 Å². The minimum Gasteiger partial charge on any atom is -0.443 e. The number of carbonyl (C=O) groups excluding carboxylic acids is 5. The van der Waals surface area contributed by atoms with Crippen molar-refractivity contribution in [1.29, 1.82) is 0 Å². The Hall–Kier alpha value is -1.55. The van der Waals surface area contributed by atoms with Crippen molar-refractivity contribution in [3.63, 3.8) is 0 Å². The summed E-state index contributed by atoms with van der Waals surface area (Å²) in [6.07, 6.45) is 1.06. The van der Waals surface area contributed by atoms with Crippen LogP contribution in [0.4, 0.5) is 4.79 Å². The molecule has 3 amide bonds. The Balaban J connectivity index is 0.000000326. The van der Waals surface area contributed by atoms with Crippen LogP contribution in [0.25, 0.3) is 0 Å². The van der Waals surface area contributed by atoms with Crippen LogP contribution in [-0.4, -0.2) is 62.2 Å². The average Bonchev–Trinajstić information content (AvgIpc) is 3.20. The lowest BCUT2D eigenvalue weighted by Gasteiger charge is -2.26. The lowest BCUT2D eigenvalue weighted by atomic mass is 10.2. The first-order chi connectivity index (χ1) is 13.5. The first-order valence-electron chi connectivity index (χ1n) is 9.67. The molecule has 0 spiro atoms. The average molecular weight is 447 g/mol. The number of likely N-dealkylation sites (tertiary alicyclic amines) is 1. The molecule has 2 rings (SSSR count). The summed E-state index contributed by atoms with van der Waals surface area (Å²) in [5, 5.41) is 2.58. The van der Waals surface area contributed by atoms with E-state index in [0.717, 1.165) is 22.4 Å². The number of ether oxygens (including phenoxy) is 1. The highest BCUT2D eigenvalue weighted by Crippen LogP contribution is 2.25. The normalized spacial score (nSPS) is 21.3. The summed E-state index contributed by atoms with van der Waals surface area (Å²) in [6, 6.07) is -0.884. The predicted octanol–water partition coefficient (Wildman–Crippen LogP) is 2.74. The summed E-state index contributed by atoms with van der Waals surface area (Å²) in [5.74, 6) is 1.08. The molecule has 0 radical (unpaired) electrons. The Labute approximate surface area is 180 Å². The van der Waals surface area contributed by atoms with E-state index in [4.69, 9.17) is 4.74 Å². The highest BCUT2D eigenvalue weighted by molar-refractivity contribution is 8.14. The van der Waals surface area contributed by atoms with Gasteiger partial charge in [-0.2, -0.15) is 0 Å². The molecule has 10 heteroatoms.